The van der Waals surface area contributed by atoms with Crippen LogP contribution in [0.25, 0.3) is 11.0 Å². The van der Waals surface area contributed by atoms with Crippen molar-refractivity contribution in [1.82, 2.24) is 14.5 Å². The minimum absolute atomic E-state index is 0.0987. The molecule has 0 radical (unpaired) electrons. The van der Waals surface area contributed by atoms with Gasteiger partial charge in [-0.2, -0.15) is 0 Å². The first-order valence-electron chi connectivity index (χ1n) is 7.95. The van der Waals surface area contributed by atoms with Crippen molar-refractivity contribution in [2.75, 3.05) is 7.11 Å². The lowest BCUT2D eigenvalue weighted by Crippen LogP contribution is -2.09. The van der Waals surface area contributed by atoms with E-state index in [0.717, 1.165) is 42.6 Å². The Labute approximate surface area is 134 Å². The normalized spacial score (nSPS) is 14.0. The molecule has 1 N–H and O–H groups in total. The zero-order chi connectivity index (χ0) is 15.8. The molecule has 3 aromatic rings. The molecular weight excluding hydrogens is 290 g/mol. The van der Waals surface area contributed by atoms with E-state index in [2.05, 4.69) is 26.7 Å². The number of hydrogen-bond acceptors (Lipinski definition) is 4. The Hall–Kier alpha value is -2.56. The number of methoxy groups -OCH3 is 1. The quantitative estimate of drug-likeness (QED) is 0.808. The smallest absolute Gasteiger partial charge is 0.223 e. The van der Waals surface area contributed by atoms with E-state index in [1.165, 1.54) is 29.6 Å². The molecular formula is C18H19N3O2. The van der Waals surface area contributed by atoms with Crippen molar-refractivity contribution in [2.24, 2.45) is 0 Å². The summed E-state index contributed by atoms with van der Waals surface area (Å²) in [5.41, 5.74) is 4.53. The third-order valence-electron chi connectivity index (χ3n) is 4.63. The molecule has 0 aliphatic heterocycles. The molecule has 118 valence electrons. The standard InChI is InChI=1S/C18H19N3O2/c1-23-13-8-6-12(7-9-13)10-21-15-5-3-2-4-14(15)16-17(21)19-11-20-18(16)22/h6-9,11H,2-5,10H2,1H3,(H,19,20,22). The van der Waals surface area contributed by atoms with Crippen molar-refractivity contribution < 1.29 is 9.84 Å². The summed E-state index contributed by atoms with van der Waals surface area (Å²) in [5.74, 6) is 0.953. The lowest BCUT2D eigenvalue weighted by molar-refractivity contribution is 0.414. The van der Waals surface area contributed by atoms with Crippen molar-refractivity contribution in [3.05, 3.63) is 47.4 Å². The Morgan fingerprint density at radius 2 is 1.91 bits per heavy atom. The van der Waals surface area contributed by atoms with Gasteiger partial charge < -0.3 is 14.4 Å². The summed E-state index contributed by atoms with van der Waals surface area (Å²) >= 11 is 0. The van der Waals surface area contributed by atoms with E-state index in [1.807, 2.05) is 12.1 Å². The van der Waals surface area contributed by atoms with Gasteiger partial charge in [-0.15, -0.1) is 0 Å². The summed E-state index contributed by atoms with van der Waals surface area (Å²) in [7, 11) is 1.67. The SMILES string of the molecule is COc1ccc(Cn2c3c(c4c(O)ncnc42)CCCC3)cc1. The fourth-order valence-corrected chi connectivity index (χ4v) is 3.51. The molecule has 0 amide bonds. The summed E-state index contributed by atoms with van der Waals surface area (Å²) in [5, 5.41) is 11.0. The highest BCUT2D eigenvalue weighted by atomic mass is 16.5. The second-order valence-electron chi connectivity index (χ2n) is 5.96. The number of fused-ring (bicyclic) bond motifs is 3. The van der Waals surface area contributed by atoms with Gasteiger partial charge >= 0.3 is 0 Å². The summed E-state index contributed by atoms with van der Waals surface area (Å²) in [6, 6.07) is 8.09. The number of rotatable bonds is 3. The van der Waals surface area contributed by atoms with Crippen LogP contribution in [0.4, 0.5) is 0 Å². The number of ether oxygens (including phenoxy) is 1. The van der Waals surface area contributed by atoms with Gasteiger partial charge in [0.2, 0.25) is 5.88 Å². The summed E-state index contributed by atoms with van der Waals surface area (Å²) in [6.07, 6.45) is 5.79. The number of aromatic nitrogens is 3. The maximum atomic E-state index is 10.2. The molecule has 2 heterocycles. The van der Waals surface area contributed by atoms with Crippen LogP contribution >= 0.6 is 0 Å². The molecule has 0 saturated heterocycles. The van der Waals surface area contributed by atoms with Crippen molar-refractivity contribution >= 4 is 11.0 Å². The molecule has 23 heavy (non-hydrogen) atoms. The molecule has 0 spiro atoms. The van der Waals surface area contributed by atoms with Crippen LogP contribution in [-0.4, -0.2) is 26.8 Å². The van der Waals surface area contributed by atoms with Gasteiger partial charge in [-0.3, -0.25) is 0 Å². The van der Waals surface area contributed by atoms with Crippen molar-refractivity contribution in [3.63, 3.8) is 0 Å². The molecule has 0 fully saturated rings. The lowest BCUT2D eigenvalue weighted by Gasteiger charge is -2.15. The topological polar surface area (TPSA) is 60.2 Å². The molecule has 0 bridgehead atoms. The van der Waals surface area contributed by atoms with Gasteiger partial charge in [-0.05, 0) is 48.9 Å². The maximum Gasteiger partial charge on any atom is 0.223 e. The van der Waals surface area contributed by atoms with Gasteiger partial charge in [-0.1, -0.05) is 12.1 Å². The van der Waals surface area contributed by atoms with Gasteiger partial charge in [0.1, 0.15) is 17.7 Å². The first-order valence-corrected chi connectivity index (χ1v) is 7.95. The van der Waals surface area contributed by atoms with E-state index in [-0.39, 0.29) is 5.88 Å². The number of hydrogen-bond donors (Lipinski definition) is 1. The molecule has 1 aliphatic rings. The van der Waals surface area contributed by atoms with E-state index in [9.17, 15) is 5.11 Å². The van der Waals surface area contributed by atoms with Crippen molar-refractivity contribution in [2.45, 2.75) is 32.2 Å². The average molecular weight is 309 g/mol. The fourth-order valence-electron chi connectivity index (χ4n) is 3.51. The van der Waals surface area contributed by atoms with Crippen molar-refractivity contribution in [3.8, 4) is 11.6 Å². The molecule has 5 nitrogen and oxygen atoms in total. The number of benzene rings is 1. The van der Waals surface area contributed by atoms with E-state index >= 15 is 0 Å². The molecule has 1 aliphatic carbocycles. The molecule has 1 aromatic carbocycles. The van der Waals surface area contributed by atoms with Crippen LogP contribution in [0, 0.1) is 0 Å². The Morgan fingerprint density at radius 3 is 2.70 bits per heavy atom. The maximum absolute atomic E-state index is 10.2. The zero-order valence-corrected chi connectivity index (χ0v) is 13.1. The predicted molar refractivity (Wildman–Crippen MR) is 87.9 cm³/mol. The van der Waals surface area contributed by atoms with Gasteiger partial charge in [0, 0.05) is 12.2 Å². The predicted octanol–water partition coefficient (Wildman–Crippen LogP) is 3.07. The van der Waals surface area contributed by atoms with Crippen molar-refractivity contribution in [1.29, 1.82) is 0 Å². The van der Waals surface area contributed by atoms with E-state index < -0.39 is 0 Å². The van der Waals surface area contributed by atoms with Crippen LogP contribution in [0.3, 0.4) is 0 Å². The molecule has 4 rings (SSSR count). The molecule has 0 atom stereocenters. The largest absolute Gasteiger partial charge is 0.497 e. The molecule has 0 unspecified atom stereocenters. The van der Waals surface area contributed by atoms with Gasteiger partial charge in [0.05, 0.1) is 12.5 Å². The van der Waals surface area contributed by atoms with Crippen LogP contribution in [0.1, 0.15) is 29.7 Å². The summed E-state index contributed by atoms with van der Waals surface area (Å²) in [6.45, 7) is 0.742. The summed E-state index contributed by atoms with van der Waals surface area (Å²) in [4.78, 5) is 8.42. The first kappa shape index (κ1) is 14.1. The highest BCUT2D eigenvalue weighted by Crippen LogP contribution is 2.35. The fraction of sp³-hybridized carbons (Fsp3) is 0.333. The zero-order valence-electron chi connectivity index (χ0n) is 13.1. The monoisotopic (exact) mass is 309 g/mol. The molecule has 0 saturated carbocycles. The van der Waals surface area contributed by atoms with Gasteiger partial charge in [-0.25, -0.2) is 9.97 Å². The number of nitrogens with zero attached hydrogens (tertiary/aromatic N) is 3. The molecule has 2 aromatic heterocycles. The minimum atomic E-state index is 0.0987. The highest BCUT2D eigenvalue weighted by molar-refractivity contribution is 5.87. The van der Waals surface area contributed by atoms with Crippen LogP contribution in [0.5, 0.6) is 11.6 Å². The van der Waals surface area contributed by atoms with Gasteiger partial charge in [0.15, 0.2) is 0 Å². The third-order valence-corrected chi connectivity index (χ3v) is 4.63. The minimum Gasteiger partial charge on any atom is -0.497 e. The summed E-state index contributed by atoms with van der Waals surface area (Å²) < 4.78 is 7.45. The van der Waals surface area contributed by atoms with Crippen LogP contribution in [0.15, 0.2) is 30.6 Å². The highest BCUT2D eigenvalue weighted by Gasteiger charge is 2.23. The first-order chi connectivity index (χ1) is 11.3. The van der Waals surface area contributed by atoms with Crippen LogP contribution in [-0.2, 0) is 19.4 Å². The van der Waals surface area contributed by atoms with E-state index in [4.69, 9.17) is 4.74 Å². The number of aromatic hydroxyl groups is 1. The Morgan fingerprint density at radius 1 is 1.13 bits per heavy atom. The average Bonchev–Trinajstić information content (AvgIpc) is 2.91. The van der Waals surface area contributed by atoms with Crippen LogP contribution < -0.4 is 4.74 Å². The molecule has 5 heteroatoms. The van der Waals surface area contributed by atoms with E-state index in [1.54, 1.807) is 7.11 Å². The second kappa shape index (κ2) is 5.57. The Balaban J connectivity index is 1.83. The Bertz CT molecular complexity index is 853. The lowest BCUT2D eigenvalue weighted by atomic mass is 9.96. The second-order valence-corrected chi connectivity index (χ2v) is 5.96. The third kappa shape index (κ3) is 2.32. The number of aryl methyl sites for hydroxylation is 1. The van der Waals surface area contributed by atoms with E-state index in [0.29, 0.717) is 0 Å². The van der Waals surface area contributed by atoms with Gasteiger partial charge in [0.25, 0.3) is 0 Å². The van der Waals surface area contributed by atoms with Crippen LogP contribution in [0.2, 0.25) is 0 Å². The Kier molecular flexibility index (Phi) is 3.41.